The van der Waals surface area contributed by atoms with Gasteiger partial charge in [-0.3, -0.25) is 0 Å². The van der Waals surface area contributed by atoms with Crippen LogP contribution in [0.25, 0.3) is 0 Å². The standard InChI is InChI=1S/C17H15Cl2N5/c1-10-3-4-14(5-11(10)2)22-17-23-16(9-20-24-17)21-15-7-12(18)6-13(19)8-15/h3-9H,1-2H3,(H2,21,22,23,24). The van der Waals surface area contributed by atoms with Crippen LogP contribution in [0.2, 0.25) is 10.0 Å². The normalized spacial score (nSPS) is 10.5. The van der Waals surface area contributed by atoms with Crippen LogP contribution >= 0.6 is 23.2 Å². The van der Waals surface area contributed by atoms with Gasteiger partial charge in [-0.15, -0.1) is 5.10 Å². The summed E-state index contributed by atoms with van der Waals surface area (Å²) in [4.78, 5) is 4.39. The fourth-order valence-electron chi connectivity index (χ4n) is 2.14. The zero-order valence-electron chi connectivity index (χ0n) is 13.1. The van der Waals surface area contributed by atoms with E-state index in [9.17, 15) is 0 Å². The first-order valence-corrected chi connectivity index (χ1v) is 8.02. The van der Waals surface area contributed by atoms with E-state index in [2.05, 4.69) is 39.7 Å². The van der Waals surface area contributed by atoms with Gasteiger partial charge < -0.3 is 10.6 Å². The van der Waals surface area contributed by atoms with Crippen molar-refractivity contribution in [3.8, 4) is 0 Å². The third kappa shape index (κ3) is 4.13. The largest absolute Gasteiger partial charge is 0.339 e. The van der Waals surface area contributed by atoms with Gasteiger partial charge in [0.1, 0.15) is 0 Å². The Hall–Kier alpha value is -2.37. The Balaban J connectivity index is 1.79. The number of nitrogens with zero attached hydrogens (tertiary/aromatic N) is 3. The SMILES string of the molecule is Cc1ccc(Nc2nncc(Nc3cc(Cl)cc(Cl)c3)n2)cc1C. The molecule has 0 amide bonds. The van der Waals surface area contributed by atoms with Crippen molar-refractivity contribution in [1.82, 2.24) is 15.2 Å². The lowest BCUT2D eigenvalue weighted by Gasteiger charge is -2.09. The second-order valence-electron chi connectivity index (χ2n) is 5.37. The molecule has 1 aromatic heterocycles. The number of hydrogen-bond acceptors (Lipinski definition) is 5. The molecule has 0 spiro atoms. The van der Waals surface area contributed by atoms with Crippen LogP contribution in [0, 0.1) is 13.8 Å². The first-order chi connectivity index (χ1) is 11.5. The number of benzene rings is 2. The van der Waals surface area contributed by atoms with Gasteiger partial charge in [-0.25, -0.2) is 0 Å². The van der Waals surface area contributed by atoms with Crippen LogP contribution in [-0.2, 0) is 0 Å². The fourth-order valence-corrected chi connectivity index (χ4v) is 2.66. The van der Waals surface area contributed by atoms with Gasteiger partial charge in [0.2, 0.25) is 5.95 Å². The number of anilines is 4. The molecule has 3 aromatic rings. The molecular formula is C17H15Cl2N5. The van der Waals surface area contributed by atoms with Gasteiger partial charge in [-0.1, -0.05) is 29.3 Å². The van der Waals surface area contributed by atoms with Crippen LogP contribution < -0.4 is 10.6 Å². The van der Waals surface area contributed by atoms with Crippen molar-refractivity contribution >= 4 is 46.3 Å². The van der Waals surface area contributed by atoms with E-state index in [-0.39, 0.29) is 0 Å². The van der Waals surface area contributed by atoms with Crippen LogP contribution in [0.4, 0.5) is 23.1 Å². The number of nitrogens with one attached hydrogen (secondary N) is 2. The zero-order chi connectivity index (χ0) is 17.1. The summed E-state index contributed by atoms with van der Waals surface area (Å²) in [5.74, 6) is 0.936. The van der Waals surface area contributed by atoms with Crippen LogP contribution in [0.5, 0.6) is 0 Å². The monoisotopic (exact) mass is 359 g/mol. The second kappa shape index (κ2) is 7.03. The quantitative estimate of drug-likeness (QED) is 0.663. The molecule has 0 saturated heterocycles. The number of halogens is 2. The summed E-state index contributed by atoms with van der Waals surface area (Å²) in [7, 11) is 0. The summed E-state index contributed by atoms with van der Waals surface area (Å²) in [6.07, 6.45) is 1.53. The number of aromatic nitrogens is 3. The molecule has 0 fully saturated rings. The van der Waals surface area contributed by atoms with Crippen molar-refractivity contribution in [1.29, 1.82) is 0 Å². The van der Waals surface area contributed by atoms with Crippen LogP contribution in [-0.4, -0.2) is 15.2 Å². The van der Waals surface area contributed by atoms with Gasteiger partial charge in [0.15, 0.2) is 5.82 Å². The van der Waals surface area contributed by atoms with Crippen molar-refractivity contribution in [2.24, 2.45) is 0 Å². The molecule has 3 rings (SSSR count). The predicted octanol–water partition coefficient (Wildman–Crippen LogP) is 5.28. The summed E-state index contributed by atoms with van der Waals surface area (Å²) in [5.41, 5.74) is 4.05. The second-order valence-corrected chi connectivity index (χ2v) is 6.25. The summed E-state index contributed by atoms with van der Waals surface area (Å²) >= 11 is 12.0. The fraction of sp³-hybridized carbons (Fsp3) is 0.118. The molecule has 2 aromatic carbocycles. The molecule has 0 aliphatic rings. The highest BCUT2D eigenvalue weighted by atomic mass is 35.5. The van der Waals surface area contributed by atoms with E-state index in [4.69, 9.17) is 23.2 Å². The third-order valence-electron chi connectivity index (χ3n) is 3.46. The molecule has 1 heterocycles. The maximum absolute atomic E-state index is 6.00. The molecule has 5 nitrogen and oxygen atoms in total. The molecule has 24 heavy (non-hydrogen) atoms. The highest BCUT2D eigenvalue weighted by Gasteiger charge is 2.04. The van der Waals surface area contributed by atoms with E-state index in [0.29, 0.717) is 21.8 Å². The van der Waals surface area contributed by atoms with Crippen molar-refractivity contribution in [2.45, 2.75) is 13.8 Å². The zero-order valence-corrected chi connectivity index (χ0v) is 14.7. The number of hydrogen-bond donors (Lipinski definition) is 2. The summed E-state index contributed by atoms with van der Waals surface area (Å²) < 4.78 is 0. The topological polar surface area (TPSA) is 62.7 Å². The summed E-state index contributed by atoms with van der Waals surface area (Å²) in [6.45, 7) is 4.12. The van der Waals surface area contributed by atoms with Gasteiger partial charge in [0.25, 0.3) is 0 Å². The first-order valence-electron chi connectivity index (χ1n) is 7.27. The van der Waals surface area contributed by atoms with Gasteiger partial charge >= 0.3 is 0 Å². The average molecular weight is 360 g/mol. The molecule has 122 valence electrons. The van der Waals surface area contributed by atoms with Gasteiger partial charge in [0.05, 0.1) is 6.20 Å². The molecular weight excluding hydrogens is 345 g/mol. The minimum absolute atomic E-state index is 0.399. The maximum Gasteiger partial charge on any atom is 0.249 e. The Bertz CT molecular complexity index is 862. The summed E-state index contributed by atoms with van der Waals surface area (Å²) in [6, 6.07) is 11.2. The summed E-state index contributed by atoms with van der Waals surface area (Å²) in [5, 5.41) is 15.3. The molecule has 0 aliphatic carbocycles. The van der Waals surface area contributed by atoms with E-state index in [1.807, 2.05) is 18.2 Å². The van der Waals surface area contributed by atoms with E-state index < -0.39 is 0 Å². The Morgan fingerprint density at radius 2 is 1.58 bits per heavy atom. The minimum Gasteiger partial charge on any atom is -0.339 e. The highest BCUT2D eigenvalue weighted by Crippen LogP contribution is 2.25. The smallest absolute Gasteiger partial charge is 0.249 e. The Labute approximate surface area is 150 Å². The van der Waals surface area contributed by atoms with Crippen LogP contribution in [0.1, 0.15) is 11.1 Å². The minimum atomic E-state index is 0.399. The lowest BCUT2D eigenvalue weighted by atomic mass is 10.1. The number of aryl methyl sites for hydroxylation is 2. The average Bonchev–Trinajstić information content (AvgIpc) is 2.50. The van der Waals surface area contributed by atoms with E-state index in [1.54, 1.807) is 18.2 Å². The molecule has 0 unspecified atom stereocenters. The molecule has 0 atom stereocenters. The molecule has 0 saturated carbocycles. The van der Waals surface area contributed by atoms with Crippen molar-refractivity contribution in [3.05, 3.63) is 63.8 Å². The van der Waals surface area contributed by atoms with E-state index in [0.717, 1.165) is 11.4 Å². The molecule has 2 N–H and O–H groups in total. The van der Waals surface area contributed by atoms with Crippen LogP contribution in [0.15, 0.2) is 42.6 Å². The predicted molar refractivity (Wildman–Crippen MR) is 98.8 cm³/mol. The Kier molecular flexibility index (Phi) is 4.83. The van der Waals surface area contributed by atoms with E-state index in [1.165, 1.54) is 17.3 Å². The first kappa shape index (κ1) is 16.5. The lowest BCUT2D eigenvalue weighted by Crippen LogP contribution is -2.02. The van der Waals surface area contributed by atoms with E-state index >= 15 is 0 Å². The Morgan fingerprint density at radius 3 is 2.29 bits per heavy atom. The van der Waals surface area contributed by atoms with Crippen molar-refractivity contribution < 1.29 is 0 Å². The highest BCUT2D eigenvalue weighted by molar-refractivity contribution is 6.35. The lowest BCUT2D eigenvalue weighted by molar-refractivity contribution is 0.982. The van der Waals surface area contributed by atoms with Crippen LogP contribution in [0.3, 0.4) is 0 Å². The molecule has 7 heteroatoms. The maximum atomic E-state index is 6.00. The van der Waals surface area contributed by atoms with Crippen molar-refractivity contribution in [3.63, 3.8) is 0 Å². The van der Waals surface area contributed by atoms with Gasteiger partial charge in [-0.2, -0.15) is 10.1 Å². The van der Waals surface area contributed by atoms with Gasteiger partial charge in [0, 0.05) is 21.4 Å². The number of rotatable bonds is 4. The molecule has 0 aliphatic heterocycles. The Morgan fingerprint density at radius 1 is 0.833 bits per heavy atom. The van der Waals surface area contributed by atoms with Crippen molar-refractivity contribution in [2.75, 3.05) is 10.6 Å². The molecule has 0 bridgehead atoms. The molecule has 0 radical (unpaired) electrons. The third-order valence-corrected chi connectivity index (χ3v) is 3.89. The van der Waals surface area contributed by atoms with Gasteiger partial charge in [-0.05, 0) is 55.3 Å².